The van der Waals surface area contributed by atoms with E-state index in [1.807, 2.05) is 36.6 Å². The highest BCUT2D eigenvalue weighted by molar-refractivity contribution is 7.98. The quantitative estimate of drug-likeness (QED) is 0.437. The van der Waals surface area contributed by atoms with E-state index in [4.69, 9.17) is 5.73 Å². The van der Waals surface area contributed by atoms with Gasteiger partial charge in [0.2, 0.25) is 0 Å². The fraction of sp³-hybridized carbons (Fsp3) is 0.105. The average Bonchev–Trinajstić information content (AvgIpc) is 2.98. The number of nitrogens with two attached hydrogens (primary N) is 1. The van der Waals surface area contributed by atoms with Crippen molar-refractivity contribution >= 4 is 28.6 Å². The number of aromatic nitrogens is 4. The molecule has 0 fully saturated rings. The molecule has 2 heterocycles. The molecule has 26 heavy (non-hydrogen) atoms. The minimum atomic E-state index is -0.352. The van der Waals surface area contributed by atoms with E-state index < -0.39 is 0 Å². The van der Waals surface area contributed by atoms with Gasteiger partial charge in [0.05, 0.1) is 17.6 Å². The van der Waals surface area contributed by atoms with E-state index in [0.717, 1.165) is 5.56 Å². The molecule has 0 saturated carbocycles. The lowest BCUT2D eigenvalue weighted by atomic mass is 10.1. The molecule has 0 atom stereocenters. The molecular weight excluding hydrogens is 349 g/mol. The highest BCUT2D eigenvalue weighted by Crippen LogP contribution is 2.33. The smallest absolute Gasteiger partial charge is 0.190 e. The number of thioether (sulfide) groups is 1. The van der Waals surface area contributed by atoms with Crippen LogP contribution in [0.3, 0.4) is 0 Å². The first-order valence-corrected chi connectivity index (χ1v) is 9.26. The minimum Gasteiger partial charge on any atom is -0.383 e. The maximum atomic E-state index is 14.4. The third-order valence-electron chi connectivity index (χ3n) is 4.11. The second-order valence-corrected chi connectivity index (χ2v) is 6.54. The maximum absolute atomic E-state index is 14.4. The molecular formula is C19H16FN5S. The molecule has 0 aliphatic carbocycles. The van der Waals surface area contributed by atoms with Crippen LogP contribution >= 0.6 is 11.8 Å². The summed E-state index contributed by atoms with van der Waals surface area (Å²) in [6.45, 7) is 0.508. The summed E-state index contributed by atoms with van der Waals surface area (Å²) in [6, 6.07) is 16.4. The summed E-state index contributed by atoms with van der Waals surface area (Å²) in [5.74, 6) is 0.0736. The molecule has 2 aromatic heterocycles. The fourth-order valence-corrected chi connectivity index (χ4v) is 3.21. The summed E-state index contributed by atoms with van der Waals surface area (Å²) >= 11 is 1.38. The first-order chi connectivity index (χ1) is 12.7. The van der Waals surface area contributed by atoms with E-state index in [1.54, 1.807) is 22.9 Å². The lowest BCUT2D eigenvalue weighted by Crippen LogP contribution is -2.05. The average molecular weight is 365 g/mol. The van der Waals surface area contributed by atoms with Crippen molar-refractivity contribution in [1.29, 1.82) is 0 Å². The second kappa shape index (κ2) is 6.76. The number of nitrogens with zero attached hydrogens (tertiary/aromatic N) is 4. The van der Waals surface area contributed by atoms with Gasteiger partial charge in [0.1, 0.15) is 11.6 Å². The van der Waals surface area contributed by atoms with Crippen LogP contribution in [0.2, 0.25) is 0 Å². The molecule has 2 N–H and O–H groups in total. The van der Waals surface area contributed by atoms with Gasteiger partial charge in [-0.15, -0.1) is 5.10 Å². The van der Waals surface area contributed by atoms with E-state index >= 15 is 0 Å². The molecule has 2 aromatic carbocycles. The number of halogens is 1. The number of benzene rings is 2. The second-order valence-electron chi connectivity index (χ2n) is 5.77. The summed E-state index contributed by atoms with van der Waals surface area (Å²) in [5.41, 5.74) is 8.75. The predicted octanol–water partition coefficient (Wildman–Crippen LogP) is 3.98. The maximum Gasteiger partial charge on any atom is 0.190 e. The summed E-state index contributed by atoms with van der Waals surface area (Å²) in [4.78, 5) is 8.96. The molecule has 0 spiro atoms. The molecule has 5 nitrogen and oxygen atoms in total. The van der Waals surface area contributed by atoms with Crippen LogP contribution in [0.4, 0.5) is 10.2 Å². The van der Waals surface area contributed by atoms with E-state index in [-0.39, 0.29) is 5.82 Å². The zero-order valence-electron chi connectivity index (χ0n) is 14.1. The van der Waals surface area contributed by atoms with Crippen LogP contribution in [0.15, 0.2) is 59.8 Å². The van der Waals surface area contributed by atoms with Crippen molar-refractivity contribution in [2.45, 2.75) is 11.7 Å². The summed E-state index contributed by atoms with van der Waals surface area (Å²) < 4.78 is 16.1. The lowest BCUT2D eigenvalue weighted by molar-refractivity contribution is 0.630. The van der Waals surface area contributed by atoms with Gasteiger partial charge >= 0.3 is 0 Å². The van der Waals surface area contributed by atoms with Gasteiger partial charge in [-0.05, 0) is 24.0 Å². The van der Waals surface area contributed by atoms with Crippen molar-refractivity contribution in [2.24, 2.45) is 0 Å². The van der Waals surface area contributed by atoms with E-state index in [0.29, 0.717) is 39.8 Å². The van der Waals surface area contributed by atoms with Crippen molar-refractivity contribution < 1.29 is 4.39 Å². The number of fused-ring (bicyclic) bond motifs is 1. The Morgan fingerprint density at radius 2 is 1.77 bits per heavy atom. The van der Waals surface area contributed by atoms with Gasteiger partial charge in [0.15, 0.2) is 10.8 Å². The first-order valence-electron chi connectivity index (χ1n) is 8.04. The molecule has 0 amide bonds. The topological polar surface area (TPSA) is 69.6 Å². The van der Waals surface area contributed by atoms with Crippen molar-refractivity contribution in [3.8, 4) is 11.3 Å². The van der Waals surface area contributed by atoms with Gasteiger partial charge in [-0.2, -0.15) is 0 Å². The SMILES string of the molecule is CSc1nc(-c2ccccc2F)c2c(N)n(Cc3ccccc3)nc2n1. The van der Waals surface area contributed by atoms with Gasteiger partial charge in [0.25, 0.3) is 0 Å². The van der Waals surface area contributed by atoms with Gasteiger partial charge in [-0.25, -0.2) is 19.0 Å². The van der Waals surface area contributed by atoms with Gasteiger partial charge in [0, 0.05) is 5.56 Å². The number of hydrogen-bond donors (Lipinski definition) is 1. The predicted molar refractivity (Wildman–Crippen MR) is 102 cm³/mol. The standard InChI is InChI=1S/C19H16FN5S/c1-26-19-22-16(13-9-5-6-10-14(13)20)15-17(21)25(24-18(15)23-19)11-12-7-3-2-4-8-12/h2-10H,11,21H2,1H3. The normalized spacial score (nSPS) is 11.2. The number of anilines is 1. The Balaban J connectivity index is 1.93. The largest absolute Gasteiger partial charge is 0.383 e. The highest BCUT2D eigenvalue weighted by atomic mass is 32.2. The Bertz CT molecular complexity index is 1080. The van der Waals surface area contributed by atoms with Gasteiger partial charge < -0.3 is 5.73 Å². The van der Waals surface area contributed by atoms with E-state index in [9.17, 15) is 4.39 Å². The van der Waals surface area contributed by atoms with Gasteiger partial charge in [-0.1, -0.05) is 54.2 Å². The van der Waals surface area contributed by atoms with Crippen LogP contribution in [0.1, 0.15) is 5.56 Å². The molecule has 0 aliphatic heterocycles. The first kappa shape index (κ1) is 16.5. The zero-order valence-corrected chi connectivity index (χ0v) is 14.9. The third kappa shape index (κ3) is 2.90. The summed E-state index contributed by atoms with van der Waals surface area (Å²) in [6.07, 6.45) is 1.87. The highest BCUT2D eigenvalue weighted by Gasteiger charge is 2.20. The van der Waals surface area contributed by atoms with Crippen LogP contribution < -0.4 is 5.73 Å². The number of nitrogen functional groups attached to an aromatic ring is 1. The fourth-order valence-electron chi connectivity index (χ4n) is 2.85. The Labute approximate surface area is 154 Å². The van der Waals surface area contributed by atoms with Gasteiger partial charge in [-0.3, -0.25) is 0 Å². The molecule has 4 rings (SSSR count). The molecule has 0 aliphatic rings. The molecule has 130 valence electrons. The molecule has 4 aromatic rings. The number of rotatable bonds is 4. The van der Waals surface area contributed by atoms with Crippen molar-refractivity contribution in [3.05, 3.63) is 66.0 Å². The molecule has 0 unspecified atom stereocenters. The lowest BCUT2D eigenvalue weighted by Gasteiger charge is -2.07. The third-order valence-corrected chi connectivity index (χ3v) is 4.65. The number of hydrogen-bond acceptors (Lipinski definition) is 5. The monoisotopic (exact) mass is 365 g/mol. The zero-order chi connectivity index (χ0) is 18.1. The summed E-state index contributed by atoms with van der Waals surface area (Å²) in [5, 5.41) is 5.64. The Hall–Kier alpha value is -2.93. The van der Waals surface area contributed by atoms with Crippen molar-refractivity contribution in [3.63, 3.8) is 0 Å². The molecule has 0 bridgehead atoms. The molecule has 0 saturated heterocycles. The van der Waals surface area contributed by atoms with Crippen molar-refractivity contribution in [2.75, 3.05) is 12.0 Å². The molecule has 7 heteroatoms. The Morgan fingerprint density at radius 1 is 1.04 bits per heavy atom. The van der Waals surface area contributed by atoms with Crippen LogP contribution in [-0.2, 0) is 6.54 Å². The van der Waals surface area contributed by atoms with Crippen molar-refractivity contribution in [1.82, 2.24) is 19.7 Å². The van der Waals surface area contributed by atoms with Crippen LogP contribution in [0, 0.1) is 5.82 Å². The van der Waals surface area contributed by atoms with E-state index in [2.05, 4.69) is 15.1 Å². The summed E-state index contributed by atoms with van der Waals surface area (Å²) in [7, 11) is 0. The van der Waals surface area contributed by atoms with Crippen LogP contribution in [-0.4, -0.2) is 26.0 Å². The Kier molecular flexibility index (Phi) is 4.30. The molecule has 0 radical (unpaired) electrons. The van der Waals surface area contributed by atoms with Crippen LogP contribution in [0.5, 0.6) is 0 Å². The van der Waals surface area contributed by atoms with E-state index in [1.165, 1.54) is 17.8 Å². The minimum absolute atomic E-state index is 0.352. The van der Waals surface area contributed by atoms with Crippen LogP contribution in [0.25, 0.3) is 22.3 Å². The Morgan fingerprint density at radius 3 is 2.50 bits per heavy atom.